The molecule has 1 aromatic carbocycles. The highest BCUT2D eigenvalue weighted by Gasteiger charge is 2.13. The van der Waals surface area contributed by atoms with Crippen molar-refractivity contribution in [3.63, 3.8) is 0 Å². The van der Waals surface area contributed by atoms with Gasteiger partial charge in [0.2, 0.25) is 5.91 Å². The molecule has 1 aromatic heterocycles. The Morgan fingerprint density at radius 1 is 1.21 bits per heavy atom. The van der Waals surface area contributed by atoms with Crippen LogP contribution in [0.2, 0.25) is 0 Å². The van der Waals surface area contributed by atoms with Crippen molar-refractivity contribution in [2.24, 2.45) is 5.73 Å². The third kappa shape index (κ3) is 5.81. The molecule has 0 radical (unpaired) electrons. The number of carbonyl (C=O) groups excluding carboxylic acids is 1. The highest BCUT2D eigenvalue weighted by atomic mass is 32.2. The molecule has 0 aliphatic rings. The van der Waals surface area contributed by atoms with Gasteiger partial charge in [0.15, 0.2) is 5.16 Å². The first kappa shape index (κ1) is 18.8. The third-order valence-corrected chi connectivity index (χ3v) is 4.78. The Labute approximate surface area is 151 Å². The molecule has 0 unspecified atom stereocenters. The average molecular weight is 363 g/mol. The fourth-order valence-corrected chi connectivity index (χ4v) is 3.41. The van der Waals surface area contributed by atoms with Crippen LogP contribution in [0.4, 0.5) is 5.69 Å². The largest absolute Gasteiger partial charge is 0.325 e. The minimum absolute atomic E-state index is 0.151. The van der Waals surface area contributed by atoms with Crippen LogP contribution in [0.25, 0.3) is 0 Å². The van der Waals surface area contributed by atoms with E-state index < -0.39 is 6.04 Å². The monoisotopic (exact) mass is 362 g/mol. The number of hydrogen-bond donors (Lipinski definition) is 2. The van der Waals surface area contributed by atoms with Crippen molar-refractivity contribution in [1.82, 2.24) is 9.97 Å². The second kappa shape index (κ2) is 9.05. The minimum atomic E-state index is -0.477. The van der Waals surface area contributed by atoms with E-state index in [2.05, 4.69) is 15.3 Å². The van der Waals surface area contributed by atoms with Gasteiger partial charge in [0.05, 0.1) is 6.04 Å². The van der Waals surface area contributed by atoms with E-state index in [0.717, 1.165) is 32.9 Å². The standard InChI is InChI=1S/C17H22N4OS2/c1-11-10-12(2)20-17(19-11)24-14-6-4-13(5-7-14)21-16(22)15(18)8-9-23-3/h4-7,10,15H,8-9,18H2,1-3H3,(H,21,22)/t15-/m0/s1. The minimum Gasteiger partial charge on any atom is -0.325 e. The number of aryl methyl sites for hydroxylation is 2. The first-order valence-corrected chi connectivity index (χ1v) is 9.84. The number of nitrogens with one attached hydrogen (secondary N) is 1. The summed E-state index contributed by atoms with van der Waals surface area (Å²) in [4.78, 5) is 21.8. The number of rotatable bonds is 7. The predicted molar refractivity (Wildman–Crippen MR) is 102 cm³/mol. The van der Waals surface area contributed by atoms with Crippen LogP contribution in [0.15, 0.2) is 40.4 Å². The highest BCUT2D eigenvalue weighted by molar-refractivity contribution is 7.99. The zero-order chi connectivity index (χ0) is 17.5. The van der Waals surface area contributed by atoms with Gasteiger partial charge in [-0.2, -0.15) is 11.8 Å². The average Bonchev–Trinajstić information content (AvgIpc) is 2.53. The number of aromatic nitrogens is 2. The molecule has 0 spiro atoms. The van der Waals surface area contributed by atoms with Crippen molar-refractivity contribution in [1.29, 1.82) is 0 Å². The molecule has 1 amide bonds. The number of nitrogens with zero attached hydrogens (tertiary/aromatic N) is 2. The summed E-state index contributed by atoms with van der Waals surface area (Å²) in [6.45, 7) is 3.91. The topological polar surface area (TPSA) is 80.9 Å². The van der Waals surface area contributed by atoms with Gasteiger partial charge in [0.25, 0.3) is 0 Å². The third-order valence-electron chi connectivity index (χ3n) is 3.26. The number of benzene rings is 1. The van der Waals surface area contributed by atoms with E-state index in [-0.39, 0.29) is 5.91 Å². The molecular weight excluding hydrogens is 340 g/mol. The molecule has 2 rings (SSSR count). The fraction of sp³-hybridized carbons (Fsp3) is 0.353. The number of hydrogen-bond acceptors (Lipinski definition) is 6. The van der Waals surface area contributed by atoms with Gasteiger partial charge < -0.3 is 11.1 Å². The van der Waals surface area contributed by atoms with Crippen molar-refractivity contribution in [2.75, 3.05) is 17.3 Å². The van der Waals surface area contributed by atoms with E-state index in [1.807, 2.05) is 50.4 Å². The molecular formula is C17H22N4OS2. The van der Waals surface area contributed by atoms with Gasteiger partial charge in [-0.3, -0.25) is 4.79 Å². The number of carbonyl (C=O) groups is 1. The number of nitrogens with two attached hydrogens (primary N) is 1. The maximum atomic E-state index is 12.0. The maximum absolute atomic E-state index is 12.0. The van der Waals surface area contributed by atoms with Crippen LogP contribution in [0.3, 0.4) is 0 Å². The molecule has 0 saturated heterocycles. The lowest BCUT2D eigenvalue weighted by atomic mass is 10.2. The van der Waals surface area contributed by atoms with E-state index >= 15 is 0 Å². The van der Waals surface area contributed by atoms with Crippen molar-refractivity contribution in [3.8, 4) is 0 Å². The summed E-state index contributed by atoms with van der Waals surface area (Å²) in [7, 11) is 0. The summed E-state index contributed by atoms with van der Waals surface area (Å²) >= 11 is 3.18. The van der Waals surface area contributed by atoms with E-state index in [0.29, 0.717) is 6.42 Å². The Balaban J connectivity index is 1.96. The van der Waals surface area contributed by atoms with E-state index in [1.165, 1.54) is 11.8 Å². The Hall–Kier alpha value is -1.57. The Morgan fingerprint density at radius 3 is 2.42 bits per heavy atom. The molecule has 5 nitrogen and oxygen atoms in total. The summed E-state index contributed by atoms with van der Waals surface area (Å²) in [6, 6.07) is 9.08. The van der Waals surface area contributed by atoms with Crippen molar-refractivity contribution in [2.45, 2.75) is 36.4 Å². The second-order valence-electron chi connectivity index (χ2n) is 5.44. The van der Waals surface area contributed by atoms with Crippen molar-refractivity contribution < 1.29 is 4.79 Å². The normalized spacial score (nSPS) is 12.0. The van der Waals surface area contributed by atoms with Crippen LogP contribution < -0.4 is 11.1 Å². The molecule has 0 saturated carbocycles. The molecule has 0 aliphatic carbocycles. The zero-order valence-electron chi connectivity index (χ0n) is 14.1. The highest BCUT2D eigenvalue weighted by Crippen LogP contribution is 2.26. The molecule has 0 aliphatic heterocycles. The molecule has 7 heteroatoms. The molecule has 24 heavy (non-hydrogen) atoms. The molecule has 0 fully saturated rings. The van der Waals surface area contributed by atoms with Crippen LogP contribution in [0, 0.1) is 13.8 Å². The molecule has 2 aromatic rings. The van der Waals surface area contributed by atoms with Crippen LogP contribution in [-0.4, -0.2) is 33.9 Å². The molecule has 0 bridgehead atoms. The molecule has 1 atom stereocenters. The summed E-state index contributed by atoms with van der Waals surface area (Å²) in [5, 5.41) is 3.57. The van der Waals surface area contributed by atoms with Crippen LogP contribution >= 0.6 is 23.5 Å². The predicted octanol–water partition coefficient (Wildman–Crippen LogP) is 3.26. The fourth-order valence-electron chi connectivity index (χ4n) is 2.06. The van der Waals surface area contributed by atoms with Crippen molar-refractivity contribution in [3.05, 3.63) is 41.7 Å². The maximum Gasteiger partial charge on any atom is 0.241 e. The van der Waals surface area contributed by atoms with Gasteiger partial charge >= 0.3 is 0 Å². The van der Waals surface area contributed by atoms with Crippen LogP contribution in [-0.2, 0) is 4.79 Å². The first-order chi connectivity index (χ1) is 11.5. The van der Waals surface area contributed by atoms with Gasteiger partial charge in [0, 0.05) is 22.0 Å². The van der Waals surface area contributed by atoms with Gasteiger partial charge in [-0.05, 0) is 74.4 Å². The van der Waals surface area contributed by atoms with Crippen LogP contribution in [0.1, 0.15) is 17.8 Å². The number of anilines is 1. The zero-order valence-corrected chi connectivity index (χ0v) is 15.7. The lowest BCUT2D eigenvalue weighted by Gasteiger charge is -2.12. The summed E-state index contributed by atoms with van der Waals surface area (Å²) in [6.07, 6.45) is 2.67. The SMILES string of the molecule is CSCC[C@H](N)C(=O)Nc1ccc(Sc2nc(C)cc(C)n2)cc1. The van der Waals surface area contributed by atoms with Crippen LogP contribution in [0.5, 0.6) is 0 Å². The smallest absolute Gasteiger partial charge is 0.241 e. The summed E-state index contributed by atoms with van der Waals surface area (Å²) in [5.74, 6) is 0.724. The lowest BCUT2D eigenvalue weighted by molar-refractivity contribution is -0.117. The second-order valence-corrected chi connectivity index (χ2v) is 7.46. The lowest BCUT2D eigenvalue weighted by Crippen LogP contribution is -2.36. The van der Waals surface area contributed by atoms with Crippen molar-refractivity contribution >= 4 is 35.1 Å². The van der Waals surface area contributed by atoms with Gasteiger partial charge in [0.1, 0.15) is 0 Å². The first-order valence-electron chi connectivity index (χ1n) is 7.63. The molecule has 128 valence electrons. The van der Waals surface area contributed by atoms with E-state index in [9.17, 15) is 4.79 Å². The Bertz CT molecular complexity index is 671. The van der Waals surface area contributed by atoms with Gasteiger partial charge in [-0.1, -0.05) is 0 Å². The van der Waals surface area contributed by atoms with E-state index in [4.69, 9.17) is 5.73 Å². The summed E-state index contributed by atoms with van der Waals surface area (Å²) < 4.78 is 0. The quantitative estimate of drug-likeness (QED) is 0.736. The number of thioether (sulfide) groups is 1. The Morgan fingerprint density at radius 2 is 1.83 bits per heavy atom. The molecule has 1 heterocycles. The molecule has 3 N–H and O–H groups in total. The summed E-state index contributed by atoms with van der Waals surface area (Å²) in [5.41, 5.74) is 8.51. The Kier molecular flexibility index (Phi) is 7.08. The van der Waals surface area contributed by atoms with Gasteiger partial charge in [-0.15, -0.1) is 0 Å². The number of amides is 1. The van der Waals surface area contributed by atoms with Gasteiger partial charge in [-0.25, -0.2) is 9.97 Å². The van der Waals surface area contributed by atoms with E-state index in [1.54, 1.807) is 11.8 Å².